The lowest BCUT2D eigenvalue weighted by atomic mass is 10.0. The van der Waals surface area contributed by atoms with Crippen LogP contribution in [-0.2, 0) is 16.0 Å². The third-order valence-electron chi connectivity index (χ3n) is 3.30. The first-order chi connectivity index (χ1) is 9.88. The number of amides is 1. The maximum atomic E-state index is 12.0. The van der Waals surface area contributed by atoms with Crippen LogP contribution in [0.4, 0.5) is 0 Å². The molecule has 0 aliphatic rings. The van der Waals surface area contributed by atoms with Crippen LogP contribution < -0.4 is 10.1 Å². The second-order valence-corrected chi connectivity index (χ2v) is 5.51. The van der Waals surface area contributed by atoms with Crippen LogP contribution in [0.1, 0.15) is 24.5 Å². The molecule has 1 amide bonds. The van der Waals surface area contributed by atoms with Crippen molar-refractivity contribution < 1.29 is 19.4 Å². The number of aliphatic hydroxyl groups is 1. The Bertz CT molecular complexity index is 471. The molecule has 5 nitrogen and oxygen atoms in total. The zero-order chi connectivity index (χ0) is 15.9. The molecule has 21 heavy (non-hydrogen) atoms. The summed E-state index contributed by atoms with van der Waals surface area (Å²) in [5.74, 6) is 0.554. The van der Waals surface area contributed by atoms with Crippen molar-refractivity contribution in [3.8, 4) is 5.75 Å². The molecule has 1 unspecified atom stereocenters. The predicted molar refractivity (Wildman–Crippen MR) is 81.6 cm³/mol. The zero-order valence-corrected chi connectivity index (χ0v) is 13.2. The molecule has 5 heteroatoms. The van der Waals surface area contributed by atoms with Crippen LogP contribution in [0, 0.1) is 6.92 Å². The summed E-state index contributed by atoms with van der Waals surface area (Å²) in [5.41, 5.74) is 0.944. The summed E-state index contributed by atoms with van der Waals surface area (Å²) in [6.45, 7) is 4.30. The Morgan fingerprint density at radius 1 is 1.38 bits per heavy atom. The normalized spacial score (nSPS) is 13.6. The smallest absolute Gasteiger partial charge is 0.224 e. The van der Waals surface area contributed by atoms with Crippen molar-refractivity contribution in [3.05, 3.63) is 29.3 Å². The number of methoxy groups -OCH3 is 2. The molecule has 0 aliphatic carbocycles. The van der Waals surface area contributed by atoms with Gasteiger partial charge in [0.15, 0.2) is 0 Å². The first-order valence-corrected chi connectivity index (χ1v) is 6.99. The fourth-order valence-electron chi connectivity index (χ4n) is 1.98. The summed E-state index contributed by atoms with van der Waals surface area (Å²) in [5, 5.41) is 12.8. The van der Waals surface area contributed by atoms with Gasteiger partial charge in [0.25, 0.3) is 0 Å². The average molecular weight is 295 g/mol. The highest BCUT2D eigenvalue weighted by Gasteiger charge is 2.21. The Hall–Kier alpha value is -1.59. The molecule has 0 bridgehead atoms. The van der Waals surface area contributed by atoms with Gasteiger partial charge in [-0.15, -0.1) is 0 Å². The van der Waals surface area contributed by atoms with Crippen LogP contribution in [-0.4, -0.2) is 44.0 Å². The van der Waals surface area contributed by atoms with Crippen LogP contribution in [0.5, 0.6) is 5.75 Å². The van der Waals surface area contributed by atoms with Gasteiger partial charge in [-0.05, 0) is 19.9 Å². The fourth-order valence-corrected chi connectivity index (χ4v) is 1.98. The molecular formula is C16H25NO4. The summed E-state index contributed by atoms with van der Waals surface area (Å²) < 4.78 is 10.2. The average Bonchev–Trinajstić information content (AvgIpc) is 2.43. The lowest BCUT2D eigenvalue weighted by molar-refractivity contribution is -0.121. The van der Waals surface area contributed by atoms with Gasteiger partial charge in [-0.2, -0.15) is 0 Å². The van der Waals surface area contributed by atoms with E-state index >= 15 is 0 Å². The molecule has 1 aromatic rings. The Morgan fingerprint density at radius 2 is 2.10 bits per heavy atom. The monoisotopic (exact) mass is 295 g/mol. The second-order valence-electron chi connectivity index (χ2n) is 5.51. The number of carbonyl (C=O) groups excluding carboxylic acids is 1. The summed E-state index contributed by atoms with van der Waals surface area (Å²) in [6.07, 6.45) is 0.697. The molecule has 0 saturated carbocycles. The van der Waals surface area contributed by atoms with Gasteiger partial charge >= 0.3 is 0 Å². The Kier molecular flexibility index (Phi) is 6.65. The number of hydrogen-bond donors (Lipinski definition) is 2. The standard InChI is InChI=1S/C16H25NO4/c1-12-5-6-14(21-4)13(9-12)10-15(18)17-11-16(2,19)7-8-20-3/h5-6,9,19H,7-8,10-11H2,1-4H3,(H,17,18). The summed E-state index contributed by atoms with van der Waals surface area (Å²) in [7, 11) is 3.17. The van der Waals surface area contributed by atoms with E-state index < -0.39 is 5.60 Å². The van der Waals surface area contributed by atoms with Crippen molar-refractivity contribution in [2.75, 3.05) is 27.4 Å². The molecule has 0 heterocycles. The molecule has 0 aromatic heterocycles. The molecule has 1 atom stereocenters. The van der Waals surface area contributed by atoms with Crippen molar-refractivity contribution in [3.63, 3.8) is 0 Å². The number of ether oxygens (including phenoxy) is 2. The van der Waals surface area contributed by atoms with E-state index in [-0.39, 0.29) is 18.9 Å². The molecular weight excluding hydrogens is 270 g/mol. The molecule has 0 spiro atoms. The molecule has 118 valence electrons. The second kappa shape index (κ2) is 8.00. The third-order valence-corrected chi connectivity index (χ3v) is 3.30. The van der Waals surface area contributed by atoms with Crippen LogP contribution in [0.25, 0.3) is 0 Å². The number of rotatable bonds is 8. The topological polar surface area (TPSA) is 67.8 Å². The van der Waals surface area contributed by atoms with Gasteiger partial charge in [0, 0.05) is 32.2 Å². The van der Waals surface area contributed by atoms with Crippen LogP contribution in [0.3, 0.4) is 0 Å². The van der Waals surface area contributed by atoms with Crippen LogP contribution >= 0.6 is 0 Å². The zero-order valence-electron chi connectivity index (χ0n) is 13.2. The number of nitrogens with one attached hydrogen (secondary N) is 1. The highest BCUT2D eigenvalue weighted by molar-refractivity contribution is 5.79. The van der Waals surface area contributed by atoms with E-state index in [4.69, 9.17) is 9.47 Å². The quantitative estimate of drug-likeness (QED) is 0.762. The van der Waals surface area contributed by atoms with Crippen molar-refractivity contribution in [1.82, 2.24) is 5.32 Å². The first-order valence-electron chi connectivity index (χ1n) is 6.99. The van der Waals surface area contributed by atoms with Gasteiger partial charge in [-0.25, -0.2) is 0 Å². The van der Waals surface area contributed by atoms with E-state index in [1.807, 2.05) is 25.1 Å². The van der Waals surface area contributed by atoms with Gasteiger partial charge in [0.1, 0.15) is 5.75 Å². The van der Waals surface area contributed by atoms with Crippen LogP contribution in [0.15, 0.2) is 18.2 Å². The lowest BCUT2D eigenvalue weighted by Gasteiger charge is -2.23. The van der Waals surface area contributed by atoms with E-state index in [1.165, 1.54) is 0 Å². The van der Waals surface area contributed by atoms with Gasteiger partial charge < -0.3 is 19.9 Å². The molecule has 0 aliphatic heterocycles. The molecule has 0 saturated heterocycles. The Balaban J connectivity index is 2.56. The molecule has 0 fully saturated rings. The SMILES string of the molecule is COCCC(C)(O)CNC(=O)Cc1cc(C)ccc1OC. The number of carbonyl (C=O) groups is 1. The molecule has 2 N–H and O–H groups in total. The fraction of sp³-hybridized carbons (Fsp3) is 0.562. The third kappa shape index (κ3) is 6.14. The van der Waals surface area contributed by atoms with Gasteiger partial charge in [-0.3, -0.25) is 4.79 Å². The summed E-state index contributed by atoms with van der Waals surface area (Å²) >= 11 is 0. The molecule has 1 rings (SSSR count). The van der Waals surface area contributed by atoms with E-state index in [0.717, 1.165) is 11.1 Å². The molecule has 1 aromatic carbocycles. The minimum atomic E-state index is -0.970. The van der Waals surface area contributed by atoms with Gasteiger partial charge in [0.2, 0.25) is 5.91 Å². The maximum Gasteiger partial charge on any atom is 0.224 e. The van der Waals surface area contributed by atoms with E-state index in [1.54, 1.807) is 21.1 Å². The predicted octanol–water partition coefficient (Wildman–Crippen LogP) is 1.45. The first kappa shape index (κ1) is 17.5. The number of hydrogen-bond acceptors (Lipinski definition) is 4. The summed E-state index contributed by atoms with van der Waals surface area (Å²) in [6, 6.07) is 5.73. The maximum absolute atomic E-state index is 12.0. The van der Waals surface area contributed by atoms with E-state index in [9.17, 15) is 9.90 Å². The minimum Gasteiger partial charge on any atom is -0.496 e. The largest absolute Gasteiger partial charge is 0.496 e. The van der Waals surface area contributed by atoms with Gasteiger partial charge in [-0.1, -0.05) is 17.7 Å². The van der Waals surface area contributed by atoms with Crippen molar-refractivity contribution >= 4 is 5.91 Å². The number of aryl methyl sites for hydroxylation is 1. The van der Waals surface area contributed by atoms with Crippen molar-refractivity contribution in [1.29, 1.82) is 0 Å². The minimum absolute atomic E-state index is 0.142. The van der Waals surface area contributed by atoms with Crippen molar-refractivity contribution in [2.24, 2.45) is 0 Å². The molecule has 0 radical (unpaired) electrons. The van der Waals surface area contributed by atoms with Gasteiger partial charge in [0.05, 0.1) is 19.1 Å². The van der Waals surface area contributed by atoms with Crippen LogP contribution in [0.2, 0.25) is 0 Å². The summed E-state index contributed by atoms with van der Waals surface area (Å²) in [4.78, 5) is 12.0. The van der Waals surface area contributed by atoms with E-state index in [0.29, 0.717) is 18.8 Å². The lowest BCUT2D eigenvalue weighted by Crippen LogP contribution is -2.41. The highest BCUT2D eigenvalue weighted by Crippen LogP contribution is 2.20. The number of benzene rings is 1. The van der Waals surface area contributed by atoms with Crippen molar-refractivity contribution in [2.45, 2.75) is 32.3 Å². The highest BCUT2D eigenvalue weighted by atomic mass is 16.5. The Labute approximate surface area is 126 Å². The van der Waals surface area contributed by atoms with E-state index in [2.05, 4.69) is 5.32 Å². The Morgan fingerprint density at radius 3 is 2.71 bits per heavy atom.